The van der Waals surface area contributed by atoms with E-state index in [-0.39, 0.29) is 17.1 Å². The zero-order chi connectivity index (χ0) is 21.1. The molecule has 0 fully saturated rings. The molecule has 5 nitrogen and oxygen atoms in total. The average Bonchev–Trinajstić information content (AvgIpc) is 2.70. The Bertz CT molecular complexity index is 813. The Morgan fingerprint density at radius 3 is 2.34 bits per heavy atom. The van der Waals surface area contributed by atoms with Crippen LogP contribution in [0.5, 0.6) is 17.2 Å². The number of para-hydroxylation sites is 1. The quantitative estimate of drug-likeness (QED) is 0.206. The number of benzene rings is 2. The molecule has 5 heteroatoms. The Morgan fingerprint density at radius 2 is 1.66 bits per heavy atom. The Kier molecular flexibility index (Phi) is 9.22. The molecule has 156 valence electrons. The molecule has 0 saturated carbocycles. The van der Waals surface area contributed by atoms with Crippen LogP contribution in [0.2, 0.25) is 0 Å². The zero-order valence-electron chi connectivity index (χ0n) is 17.3. The normalized spacial score (nSPS) is 10.6. The van der Waals surface area contributed by atoms with Crippen molar-refractivity contribution in [2.24, 2.45) is 0 Å². The maximum atomic E-state index is 12.3. The third-order valence-corrected chi connectivity index (χ3v) is 4.89. The van der Waals surface area contributed by atoms with E-state index in [4.69, 9.17) is 9.47 Å². The summed E-state index contributed by atoms with van der Waals surface area (Å²) in [7, 11) is 0. The van der Waals surface area contributed by atoms with Crippen molar-refractivity contribution in [2.75, 3.05) is 0 Å². The highest BCUT2D eigenvalue weighted by molar-refractivity contribution is 5.86. The maximum Gasteiger partial charge on any atom is 0.519 e. The molecule has 0 aliphatic heterocycles. The van der Waals surface area contributed by atoms with Crippen molar-refractivity contribution in [1.29, 1.82) is 0 Å². The molecule has 0 aliphatic carbocycles. The van der Waals surface area contributed by atoms with Gasteiger partial charge in [-0.15, -0.1) is 0 Å². The van der Waals surface area contributed by atoms with Crippen LogP contribution in [0, 0.1) is 6.92 Å². The van der Waals surface area contributed by atoms with Gasteiger partial charge in [-0.1, -0.05) is 69.7 Å². The van der Waals surface area contributed by atoms with Gasteiger partial charge in [-0.25, -0.2) is 4.79 Å². The van der Waals surface area contributed by atoms with Crippen LogP contribution in [0.4, 0.5) is 4.79 Å². The summed E-state index contributed by atoms with van der Waals surface area (Å²) in [6.07, 6.45) is 8.31. The van der Waals surface area contributed by atoms with E-state index in [2.05, 4.69) is 6.92 Å². The van der Waals surface area contributed by atoms with Gasteiger partial charge >= 0.3 is 6.16 Å². The van der Waals surface area contributed by atoms with Crippen molar-refractivity contribution in [1.82, 2.24) is 0 Å². The number of aldehydes is 1. The monoisotopic (exact) mass is 398 g/mol. The SMILES string of the molecule is CCCCCCCCCc1ccc(O)c(C=O)c1OC(=O)Oc1ccccc1C. The minimum absolute atomic E-state index is 0.0350. The van der Waals surface area contributed by atoms with Crippen molar-refractivity contribution < 1.29 is 24.2 Å². The van der Waals surface area contributed by atoms with E-state index in [9.17, 15) is 14.7 Å². The summed E-state index contributed by atoms with van der Waals surface area (Å²) < 4.78 is 10.6. The van der Waals surface area contributed by atoms with E-state index in [1.165, 1.54) is 31.7 Å². The van der Waals surface area contributed by atoms with Crippen LogP contribution in [0.3, 0.4) is 0 Å². The molecule has 0 saturated heterocycles. The summed E-state index contributed by atoms with van der Waals surface area (Å²) in [5.74, 6) is 0.241. The van der Waals surface area contributed by atoms with Gasteiger partial charge in [0, 0.05) is 0 Å². The van der Waals surface area contributed by atoms with E-state index in [1.54, 1.807) is 18.2 Å². The largest absolute Gasteiger partial charge is 0.519 e. The number of hydrogen-bond acceptors (Lipinski definition) is 5. The van der Waals surface area contributed by atoms with Gasteiger partial charge in [-0.3, -0.25) is 4.79 Å². The number of phenols is 1. The van der Waals surface area contributed by atoms with Gasteiger partial charge in [0.1, 0.15) is 11.5 Å². The highest BCUT2D eigenvalue weighted by Gasteiger charge is 2.19. The fourth-order valence-corrected chi connectivity index (χ4v) is 3.20. The number of ether oxygens (including phenoxy) is 2. The molecule has 0 radical (unpaired) electrons. The highest BCUT2D eigenvalue weighted by Crippen LogP contribution is 2.32. The van der Waals surface area contributed by atoms with Crippen LogP contribution in [0.15, 0.2) is 36.4 Å². The lowest BCUT2D eigenvalue weighted by Gasteiger charge is -2.14. The van der Waals surface area contributed by atoms with Crippen molar-refractivity contribution in [2.45, 2.75) is 65.2 Å². The highest BCUT2D eigenvalue weighted by atomic mass is 16.7. The van der Waals surface area contributed by atoms with Crippen molar-refractivity contribution in [3.63, 3.8) is 0 Å². The molecule has 2 rings (SSSR count). The van der Waals surface area contributed by atoms with Crippen LogP contribution in [0.1, 0.15) is 73.4 Å². The molecule has 0 atom stereocenters. The number of carbonyl (C=O) groups excluding carboxylic acids is 2. The summed E-state index contributed by atoms with van der Waals surface area (Å²) in [4.78, 5) is 23.8. The zero-order valence-corrected chi connectivity index (χ0v) is 17.3. The number of phenolic OH excluding ortho intramolecular Hbond substituents is 1. The van der Waals surface area contributed by atoms with Crippen molar-refractivity contribution >= 4 is 12.4 Å². The van der Waals surface area contributed by atoms with Gasteiger partial charge in [0.2, 0.25) is 0 Å². The lowest BCUT2D eigenvalue weighted by Crippen LogP contribution is -2.16. The number of hydrogen-bond donors (Lipinski definition) is 1. The summed E-state index contributed by atoms with van der Waals surface area (Å²) in [6, 6.07) is 10.2. The molecule has 29 heavy (non-hydrogen) atoms. The first-order chi connectivity index (χ1) is 14.1. The molecule has 2 aromatic rings. The summed E-state index contributed by atoms with van der Waals surface area (Å²) >= 11 is 0. The summed E-state index contributed by atoms with van der Waals surface area (Å²) in [6.45, 7) is 4.01. The predicted octanol–water partition coefficient (Wildman–Crippen LogP) is 6.38. The first-order valence-corrected chi connectivity index (χ1v) is 10.3. The Labute approximate surface area is 172 Å². The minimum Gasteiger partial charge on any atom is -0.507 e. The van der Waals surface area contributed by atoms with Gasteiger partial charge in [0.25, 0.3) is 0 Å². The predicted molar refractivity (Wildman–Crippen MR) is 113 cm³/mol. The van der Waals surface area contributed by atoms with Crippen molar-refractivity contribution in [3.8, 4) is 17.2 Å². The fourth-order valence-electron chi connectivity index (χ4n) is 3.20. The van der Waals surface area contributed by atoms with Crippen LogP contribution in [0.25, 0.3) is 0 Å². The molecule has 2 aromatic carbocycles. The summed E-state index contributed by atoms with van der Waals surface area (Å²) in [5, 5.41) is 9.99. The van der Waals surface area contributed by atoms with Gasteiger partial charge in [-0.2, -0.15) is 0 Å². The van der Waals surface area contributed by atoms with Gasteiger partial charge in [-0.05, 0) is 43.0 Å². The molecular weight excluding hydrogens is 368 g/mol. The number of aryl methyl sites for hydroxylation is 2. The van der Waals surface area contributed by atoms with Gasteiger partial charge < -0.3 is 14.6 Å². The van der Waals surface area contributed by atoms with Crippen LogP contribution in [-0.2, 0) is 6.42 Å². The molecule has 0 bridgehead atoms. The summed E-state index contributed by atoms with van der Waals surface area (Å²) in [5.41, 5.74) is 1.46. The molecule has 0 heterocycles. The average molecular weight is 398 g/mol. The molecule has 1 N–H and O–H groups in total. The number of aromatic hydroxyl groups is 1. The topological polar surface area (TPSA) is 72.8 Å². The molecule has 0 aliphatic rings. The third-order valence-electron chi connectivity index (χ3n) is 4.89. The van der Waals surface area contributed by atoms with Gasteiger partial charge in [0.05, 0.1) is 5.56 Å². The second-order valence-corrected chi connectivity index (χ2v) is 7.20. The standard InChI is InChI=1S/C24H30O5/c1-3-4-5-6-7-8-9-13-19-15-16-21(26)20(17-25)23(19)29-24(27)28-22-14-11-10-12-18(22)2/h10-12,14-17,26H,3-9,13H2,1-2H3. The van der Waals surface area contributed by atoms with Crippen LogP contribution < -0.4 is 9.47 Å². The van der Waals surface area contributed by atoms with Crippen LogP contribution >= 0.6 is 0 Å². The van der Waals surface area contributed by atoms with E-state index < -0.39 is 6.16 Å². The lowest BCUT2D eigenvalue weighted by atomic mass is 10.0. The first kappa shape index (κ1) is 22.5. The maximum absolute atomic E-state index is 12.3. The molecular formula is C24H30O5. The molecule has 0 spiro atoms. The second kappa shape index (κ2) is 11.9. The third kappa shape index (κ3) is 6.93. The van der Waals surface area contributed by atoms with Gasteiger partial charge in [0.15, 0.2) is 12.0 Å². The Balaban J connectivity index is 2.04. The molecule has 0 unspecified atom stereocenters. The fraction of sp³-hybridized carbons (Fsp3) is 0.417. The lowest BCUT2D eigenvalue weighted by molar-refractivity contribution is 0.111. The molecule has 0 aromatic heterocycles. The van der Waals surface area contributed by atoms with E-state index >= 15 is 0 Å². The second-order valence-electron chi connectivity index (χ2n) is 7.20. The Morgan fingerprint density at radius 1 is 0.966 bits per heavy atom. The van der Waals surface area contributed by atoms with E-state index in [1.807, 2.05) is 19.1 Å². The minimum atomic E-state index is -0.936. The van der Waals surface area contributed by atoms with E-state index in [0.29, 0.717) is 24.0 Å². The van der Waals surface area contributed by atoms with E-state index in [0.717, 1.165) is 24.8 Å². The smallest absolute Gasteiger partial charge is 0.507 e. The van der Waals surface area contributed by atoms with Crippen molar-refractivity contribution in [3.05, 3.63) is 53.1 Å². The Hall–Kier alpha value is -2.82. The number of unbranched alkanes of at least 4 members (excludes halogenated alkanes) is 6. The molecule has 0 amide bonds. The first-order valence-electron chi connectivity index (χ1n) is 10.3. The number of carbonyl (C=O) groups is 2. The van der Waals surface area contributed by atoms with Crippen LogP contribution in [-0.4, -0.2) is 17.5 Å². The number of rotatable bonds is 11.